The van der Waals surface area contributed by atoms with E-state index in [2.05, 4.69) is 28.2 Å². The lowest BCUT2D eigenvalue weighted by Crippen LogP contribution is -2.35. The lowest BCUT2D eigenvalue weighted by molar-refractivity contribution is -0.125. The Morgan fingerprint density at radius 3 is 2.63 bits per heavy atom. The fraction of sp³-hybridized carbons (Fsp3) is 0.250. The first kappa shape index (κ1) is 15.2. The van der Waals surface area contributed by atoms with Gasteiger partial charge >= 0.3 is 0 Å². The molecule has 0 saturated carbocycles. The van der Waals surface area contributed by atoms with Crippen LogP contribution in [0, 0.1) is 0 Å². The second-order valence-electron chi connectivity index (χ2n) is 3.56. The highest BCUT2D eigenvalue weighted by Gasteiger charge is 2.19. The van der Waals surface area contributed by atoms with E-state index in [1.54, 1.807) is 24.3 Å². The molecule has 19 heavy (non-hydrogen) atoms. The standard InChI is InChI=1S/C12H14N2O4S/c1-8(15)13-12(16)11(14-17-2)10-6-4-3-5-9(10)7-18-19/h3-6,19H,7H2,1-2H3,(H,13,15,16)/b14-11+. The van der Waals surface area contributed by atoms with Crippen LogP contribution in [-0.2, 0) is 25.2 Å². The van der Waals surface area contributed by atoms with Crippen molar-refractivity contribution in [2.24, 2.45) is 5.16 Å². The second kappa shape index (κ2) is 7.55. The molecule has 0 heterocycles. The lowest BCUT2D eigenvalue weighted by Gasteiger charge is -2.09. The van der Waals surface area contributed by atoms with Crippen LogP contribution < -0.4 is 5.32 Å². The van der Waals surface area contributed by atoms with Gasteiger partial charge in [0, 0.05) is 12.5 Å². The summed E-state index contributed by atoms with van der Waals surface area (Å²) in [5.41, 5.74) is 1.21. The molecule has 0 aromatic heterocycles. The number of carbonyl (C=O) groups excluding carboxylic acids is 2. The summed E-state index contributed by atoms with van der Waals surface area (Å²) < 4.78 is 4.76. The summed E-state index contributed by atoms with van der Waals surface area (Å²) in [6.45, 7) is 1.43. The Morgan fingerprint density at radius 1 is 1.37 bits per heavy atom. The van der Waals surface area contributed by atoms with E-state index in [-0.39, 0.29) is 12.3 Å². The number of oxime groups is 1. The summed E-state index contributed by atoms with van der Waals surface area (Å²) in [5.74, 6) is -1.11. The van der Waals surface area contributed by atoms with E-state index in [4.69, 9.17) is 4.18 Å². The third-order valence-electron chi connectivity index (χ3n) is 2.18. The Morgan fingerprint density at radius 2 is 2.05 bits per heavy atom. The third kappa shape index (κ3) is 4.38. The van der Waals surface area contributed by atoms with E-state index in [1.165, 1.54) is 14.0 Å². The number of carbonyl (C=O) groups is 2. The molecule has 0 aliphatic heterocycles. The quantitative estimate of drug-likeness (QED) is 0.366. The maximum atomic E-state index is 11.9. The smallest absolute Gasteiger partial charge is 0.280 e. The zero-order chi connectivity index (χ0) is 14.3. The summed E-state index contributed by atoms with van der Waals surface area (Å²) in [6.07, 6.45) is 0. The van der Waals surface area contributed by atoms with Crippen LogP contribution in [0.5, 0.6) is 0 Å². The van der Waals surface area contributed by atoms with Crippen LogP contribution in [-0.4, -0.2) is 24.6 Å². The summed E-state index contributed by atoms with van der Waals surface area (Å²) in [6, 6.07) is 6.97. The van der Waals surface area contributed by atoms with Gasteiger partial charge < -0.3 is 9.02 Å². The van der Waals surface area contributed by atoms with Crippen molar-refractivity contribution in [2.75, 3.05) is 7.11 Å². The van der Waals surface area contributed by atoms with Crippen molar-refractivity contribution in [1.82, 2.24) is 5.32 Å². The predicted molar refractivity (Wildman–Crippen MR) is 72.6 cm³/mol. The highest BCUT2D eigenvalue weighted by molar-refractivity contribution is 7.75. The summed E-state index contributed by atoms with van der Waals surface area (Å²) >= 11 is 3.68. The monoisotopic (exact) mass is 282 g/mol. The van der Waals surface area contributed by atoms with Gasteiger partial charge in [0.05, 0.1) is 6.61 Å². The Hall–Kier alpha value is -1.86. The van der Waals surface area contributed by atoms with Gasteiger partial charge in [-0.1, -0.05) is 29.4 Å². The van der Waals surface area contributed by atoms with E-state index >= 15 is 0 Å². The number of nitrogens with zero attached hydrogens (tertiary/aromatic N) is 1. The average molecular weight is 282 g/mol. The minimum absolute atomic E-state index is 0.00122. The van der Waals surface area contributed by atoms with Crippen LogP contribution in [0.1, 0.15) is 18.1 Å². The summed E-state index contributed by atoms with van der Waals surface area (Å²) in [4.78, 5) is 27.5. The Kier molecular flexibility index (Phi) is 6.04. The van der Waals surface area contributed by atoms with Crippen LogP contribution in [0.3, 0.4) is 0 Å². The Bertz CT molecular complexity index is 502. The molecule has 0 radical (unpaired) electrons. The van der Waals surface area contributed by atoms with Crippen LogP contribution >= 0.6 is 12.9 Å². The van der Waals surface area contributed by atoms with E-state index < -0.39 is 11.8 Å². The number of hydrogen-bond donors (Lipinski definition) is 2. The fourth-order valence-corrected chi connectivity index (χ4v) is 1.61. The van der Waals surface area contributed by atoms with Crippen LogP contribution in [0.4, 0.5) is 0 Å². The fourth-order valence-electron chi connectivity index (χ4n) is 1.47. The predicted octanol–water partition coefficient (Wildman–Crippen LogP) is 1.06. The first-order valence-corrected chi connectivity index (χ1v) is 5.74. The molecule has 102 valence electrons. The number of nitrogens with one attached hydrogen (secondary N) is 1. The molecular formula is C12H14N2O4S. The number of hydrogen-bond acceptors (Lipinski definition) is 6. The van der Waals surface area contributed by atoms with E-state index in [0.717, 1.165) is 0 Å². The molecule has 1 rings (SSSR count). The van der Waals surface area contributed by atoms with E-state index in [1.807, 2.05) is 0 Å². The van der Waals surface area contributed by atoms with Crippen molar-refractivity contribution in [3.05, 3.63) is 35.4 Å². The Labute approximate surface area is 116 Å². The molecule has 0 atom stereocenters. The van der Waals surface area contributed by atoms with Gasteiger partial charge in [-0.3, -0.25) is 14.9 Å². The average Bonchev–Trinajstić information content (AvgIpc) is 2.36. The lowest BCUT2D eigenvalue weighted by atomic mass is 10.0. The highest BCUT2D eigenvalue weighted by atomic mass is 32.1. The van der Waals surface area contributed by atoms with Crippen molar-refractivity contribution >= 4 is 30.4 Å². The van der Waals surface area contributed by atoms with Gasteiger partial charge in [0.2, 0.25) is 5.91 Å². The normalized spacial score (nSPS) is 11.0. The van der Waals surface area contributed by atoms with Gasteiger partial charge in [-0.25, -0.2) is 0 Å². The number of imide groups is 1. The van der Waals surface area contributed by atoms with Gasteiger partial charge in [-0.2, -0.15) is 0 Å². The molecule has 0 fully saturated rings. The number of rotatable bonds is 5. The molecule has 2 amide bonds. The number of benzene rings is 1. The molecule has 1 aromatic carbocycles. The van der Waals surface area contributed by atoms with Gasteiger partial charge in [-0.15, -0.1) is 0 Å². The SMILES string of the molecule is CO/N=C(/C(=O)NC(C)=O)c1ccccc1COS. The molecule has 6 nitrogen and oxygen atoms in total. The van der Waals surface area contributed by atoms with Crippen LogP contribution in [0.2, 0.25) is 0 Å². The molecule has 1 aromatic rings. The van der Waals surface area contributed by atoms with Gasteiger partial charge in [-0.05, 0) is 18.5 Å². The molecule has 0 aliphatic rings. The molecule has 0 saturated heterocycles. The van der Waals surface area contributed by atoms with Crippen molar-refractivity contribution in [3.8, 4) is 0 Å². The third-order valence-corrected chi connectivity index (χ3v) is 2.31. The van der Waals surface area contributed by atoms with Gasteiger partial charge in [0.15, 0.2) is 5.71 Å². The Balaban J connectivity index is 3.16. The molecule has 0 spiro atoms. The van der Waals surface area contributed by atoms with Crippen molar-refractivity contribution in [2.45, 2.75) is 13.5 Å². The molecule has 0 aliphatic carbocycles. The zero-order valence-corrected chi connectivity index (χ0v) is 11.4. The van der Waals surface area contributed by atoms with Gasteiger partial charge in [0.25, 0.3) is 5.91 Å². The summed E-state index contributed by atoms with van der Waals surface area (Å²) in [7, 11) is 1.32. The van der Waals surface area contributed by atoms with Crippen LogP contribution in [0.15, 0.2) is 29.4 Å². The molecular weight excluding hydrogens is 268 g/mol. The minimum atomic E-state index is -0.638. The van der Waals surface area contributed by atoms with Crippen LogP contribution in [0.25, 0.3) is 0 Å². The molecule has 1 N–H and O–H groups in total. The van der Waals surface area contributed by atoms with E-state index in [9.17, 15) is 9.59 Å². The molecule has 7 heteroatoms. The first-order valence-electron chi connectivity index (χ1n) is 5.37. The first-order chi connectivity index (χ1) is 9.10. The van der Waals surface area contributed by atoms with Crippen molar-refractivity contribution in [3.63, 3.8) is 0 Å². The van der Waals surface area contributed by atoms with E-state index in [0.29, 0.717) is 11.1 Å². The topological polar surface area (TPSA) is 77.0 Å². The largest absolute Gasteiger partial charge is 0.398 e. The zero-order valence-electron chi connectivity index (χ0n) is 10.5. The highest BCUT2D eigenvalue weighted by Crippen LogP contribution is 2.13. The van der Waals surface area contributed by atoms with Gasteiger partial charge in [0.1, 0.15) is 7.11 Å². The number of amides is 2. The minimum Gasteiger partial charge on any atom is -0.398 e. The second-order valence-corrected chi connectivity index (χ2v) is 3.82. The molecule has 0 bridgehead atoms. The van der Waals surface area contributed by atoms with Crippen molar-refractivity contribution < 1.29 is 18.6 Å². The maximum absolute atomic E-state index is 11.9. The number of thiol groups is 1. The molecule has 0 unspecified atom stereocenters. The maximum Gasteiger partial charge on any atom is 0.280 e. The van der Waals surface area contributed by atoms with Crippen molar-refractivity contribution in [1.29, 1.82) is 0 Å². The summed E-state index contributed by atoms with van der Waals surface area (Å²) in [5, 5.41) is 5.81.